The Kier molecular flexibility index (Phi) is 1.08. The summed E-state index contributed by atoms with van der Waals surface area (Å²) in [6.45, 7) is 5.04. The van der Waals surface area contributed by atoms with E-state index in [0.717, 1.165) is 0 Å². The van der Waals surface area contributed by atoms with Crippen LogP contribution in [0.4, 0.5) is 0 Å². The fourth-order valence-electron chi connectivity index (χ4n) is 1.56. The molecule has 1 aliphatic heterocycles. The predicted octanol–water partition coefficient (Wildman–Crippen LogP) is 0.890. The Hall–Kier alpha value is -0.730. The van der Waals surface area contributed by atoms with Gasteiger partial charge in [-0.2, -0.15) is 0 Å². The van der Waals surface area contributed by atoms with E-state index in [9.17, 15) is 0 Å². The van der Waals surface area contributed by atoms with Crippen LogP contribution in [0.25, 0.3) is 0 Å². The van der Waals surface area contributed by atoms with Crippen molar-refractivity contribution in [1.29, 1.82) is 0 Å². The molecule has 0 aromatic carbocycles. The van der Waals surface area contributed by atoms with E-state index in [0.29, 0.717) is 18.0 Å². The molecule has 2 N–H and O–H groups in total. The molecule has 0 amide bonds. The first-order valence-electron chi connectivity index (χ1n) is 4.04. The van der Waals surface area contributed by atoms with E-state index in [-0.39, 0.29) is 5.54 Å². The van der Waals surface area contributed by atoms with Gasteiger partial charge < -0.3 is 10.5 Å². The zero-order valence-corrected chi connectivity index (χ0v) is 7.05. The van der Waals surface area contributed by atoms with E-state index in [1.54, 1.807) is 0 Å². The number of nitrogens with two attached hydrogens (primary N) is 1. The van der Waals surface area contributed by atoms with E-state index in [1.165, 1.54) is 12.8 Å². The highest BCUT2D eigenvalue weighted by Gasteiger charge is 2.55. The Labute approximate surface area is 66.6 Å². The predicted molar refractivity (Wildman–Crippen MR) is 43.3 cm³/mol. The third kappa shape index (κ3) is 0.832. The number of nitrogens with zero attached hydrogens (tertiary/aromatic N) is 1. The van der Waals surface area contributed by atoms with Gasteiger partial charge in [-0.25, -0.2) is 4.99 Å². The third-order valence-electron chi connectivity index (χ3n) is 3.16. The van der Waals surface area contributed by atoms with Crippen LogP contribution in [-0.4, -0.2) is 18.2 Å². The van der Waals surface area contributed by atoms with E-state index in [4.69, 9.17) is 10.5 Å². The van der Waals surface area contributed by atoms with E-state index in [1.807, 2.05) is 0 Å². The molecule has 0 aromatic heterocycles. The molecule has 11 heavy (non-hydrogen) atoms. The molecule has 3 nitrogen and oxygen atoms in total. The molecule has 1 unspecified atom stereocenters. The van der Waals surface area contributed by atoms with Crippen LogP contribution in [0.2, 0.25) is 0 Å². The molecule has 1 saturated carbocycles. The van der Waals surface area contributed by atoms with Crippen molar-refractivity contribution in [2.24, 2.45) is 16.1 Å². The monoisotopic (exact) mass is 154 g/mol. The molecule has 1 aliphatic carbocycles. The average Bonchev–Trinajstić information content (AvgIpc) is 2.57. The molecule has 0 bridgehead atoms. The fourth-order valence-corrected chi connectivity index (χ4v) is 1.56. The quantitative estimate of drug-likeness (QED) is 0.609. The maximum atomic E-state index is 5.46. The summed E-state index contributed by atoms with van der Waals surface area (Å²) < 4.78 is 5.16. The zero-order chi connectivity index (χ0) is 8.11. The van der Waals surface area contributed by atoms with Gasteiger partial charge in [-0.3, -0.25) is 0 Å². The summed E-state index contributed by atoms with van der Waals surface area (Å²) in [6, 6.07) is 0.362. The first-order valence-corrected chi connectivity index (χ1v) is 4.04. The molecule has 1 atom stereocenters. The lowest BCUT2D eigenvalue weighted by molar-refractivity contribution is 0.200. The summed E-state index contributed by atoms with van der Waals surface area (Å²) in [5.41, 5.74) is 5.77. The van der Waals surface area contributed by atoms with Crippen molar-refractivity contribution in [1.82, 2.24) is 0 Å². The minimum absolute atomic E-state index is 0.0446. The first kappa shape index (κ1) is 6.95. The molecule has 0 aromatic rings. The van der Waals surface area contributed by atoms with Crippen LogP contribution in [0.3, 0.4) is 0 Å². The second-order valence-electron chi connectivity index (χ2n) is 4.07. The largest absolute Gasteiger partial charge is 0.463 e. The second kappa shape index (κ2) is 1.71. The van der Waals surface area contributed by atoms with Gasteiger partial charge in [0.1, 0.15) is 12.1 Å². The minimum atomic E-state index is -0.0446. The summed E-state index contributed by atoms with van der Waals surface area (Å²) >= 11 is 0. The van der Waals surface area contributed by atoms with Gasteiger partial charge in [-0.15, -0.1) is 0 Å². The summed E-state index contributed by atoms with van der Waals surface area (Å²) in [7, 11) is 0. The van der Waals surface area contributed by atoms with Crippen molar-refractivity contribution < 1.29 is 4.74 Å². The van der Waals surface area contributed by atoms with Crippen LogP contribution in [0, 0.1) is 5.41 Å². The topological polar surface area (TPSA) is 47.6 Å². The summed E-state index contributed by atoms with van der Waals surface area (Å²) in [5.74, 6) is 0. The number of rotatable bonds is 1. The molecular formula is C8H14N2O. The molecule has 0 spiro atoms. The molecule has 2 rings (SSSR count). The molecule has 62 valence electrons. The zero-order valence-electron chi connectivity index (χ0n) is 7.05. The van der Waals surface area contributed by atoms with Crippen molar-refractivity contribution in [2.75, 3.05) is 6.61 Å². The van der Waals surface area contributed by atoms with Gasteiger partial charge in [0.05, 0.1) is 0 Å². The maximum absolute atomic E-state index is 5.46. The van der Waals surface area contributed by atoms with Gasteiger partial charge in [-0.1, -0.05) is 6.92 Å². The number of ether oxygens (including phenoxy) is 1. The normalized spacial score (nSPS) is 39.6. The molecular weight excluding hydrogens is 140 g/mol. The van der Waals surface area contributed by atoms with Crippen molar-refractivity contribution >= 4 is 6.02 Å². The second-order valence-corrected chi connectivity index (χ2v) is 4.07. The smallest absolute Gasteiger partial charge is 0.282 e. The van der Waals surface area contributed by atoms with Crippen LogP contribution in [0.5, 0.6) is 0 Å². The fraction of sp³-hybridized carbons (Fsp3) is 0.875. The van der Waals surface area contributed by atoms with Gasteiger partial charge in [0.2, 0.25) is 0 Å². The average molecular weight is 154 g/mol. The lowest BCUT2D eigenvalue weighted by atomic mass is 9.86. The van der Waals surface area contributed by atoms with E-state index in [2.05, 4.69) is 18.8 Å². The van der Waals surface area contributed by atoms with Crippen molar-refractivity contribution in [3.63, 3.8) is 0 Å². The molecule has 1 fully saturated rings. The summed E-state index contributed by atoms with van der Waals surface area (Å²) in [5, 5.41) is 0. The van der Waals surface area contributed by atoms with Crippen LogP contribution < -0.4 is 5.73 Å². The van der Waals surface area contributed by atoms with Crippen molar-refractivity contribution in [2.45, 2.75) is 32.2 Å². The molecule has 3 heteroatoms. The lowest BCUT2D eigenvalue weighted by Gasteiger charge is -2.25. The molecule has 1 heterocycles. The van der Waals surface area contributed by atoms with Crippen LogP contribution in [0.1, 0.15) is 26.7 Å². The summed E-state index contributed by atoms with van der Waals surface area (Å²) in [6.07, 6.45) is 2.51. The van der Waals surface area contributed by atoms with Gasteiger partial charge in [0, 0.05) is 0 Å². The van der Waals surface area contributed by atoms with Gasteiger partial charge >= 0.3 is 0 Å². The minimum Gasteiger partial charge on any atom is -0.463 e. The Morgan fingerprint density at radius 2 is 2.09 bits per heavy atom. The Balaban J connectivity index is 2.24. The molecule has 0 radical (unpaired) electrons. The molecule has 0 saturated heterocycles. The maximum Gasteiger partial charge on any atom is 0.282 e. The number of hydrogen-bond acceptors (Lipinski definition) is 3. The standard InChI is InChI=1S/C8H14N2O/c1-7(3-4-7)8(2)5-11-6(9)10-8/h3-5H2,1-2H3,(H2,9,10). The number of amidine groups is 1. The van der Waals surface area contributed by atoms with Crippen molar-refractivity contribution in [3.05, 3.63) is 0 Å². The summed E-state index contributed by atoms with van der Waals surface area (Å²) in [4.78, 5) is 4.33. The van der Waals surface area contributed by atoms with Gasteiger partial charge in [0.15, 0.2) is 0 Å². The Morgan fingerprint density at radius 3 is 2.45 bits per heavy atom. The highest BCUT2D eigenvalue weighted by atomic mass is 16.5. The van der Waals surface area contributed by atoms with Crippen molar-refractivity contribution in [3.8, 4) is 0 Å². The SMILES string of the molecule is CC1(C2(C)COC(N)=N2)CC1. The molecule has 2 aliphatic rings. The highest BCUT2D eigenvalue weighted by molar-refractivity contribution is 5.74. The first-order chi connectivity index (χ1) is 5.06. The van der Waals surface area contributed by atoms with Gasteiger partial charge in [-0.05, 0) is 25.2 Å². The lowest BCUT2D eigenvalue weighted by Crippen LogP contribution is -2.33. The van der Waals surface area contributed by atoms with Gasteiger partial charge in [0.25, 0.3) is 6.02 Å². The van der Waals surface area contributed by atoms with Crippen LogP contribution in [0.15, 0.2) is 4.99 Å². The Morgan fingerprint density at radius 1 is 1.45 bits per heavy atom. The Bertz CT molecular complexity index is 220. The third-order valence-corrected chi connectivity index (χ3v) is 3.16. The van der Waals surface area contributed by atoms with Crippen LogP contribution in [-0.2, 0) is 4.74 Å². The highest BCUT2D eigenvalue weighted by Crippen LogP contribution is 2.56. The van der Waals surface area contributed by atoms with Crippen LogP contribution >= 0.6 is 0 Å². The van der Waals surface area contributed by atoms with E-state index >= 15 is 0 Å². The van der Waals surface area contributed by atoms with E-state index < -0.39 is 0 Å². The number of aliphatic imine (C=N–C) groups is 1. The number of hydrogen-bond donors (Lipinski definition) is 1.